The monoisotopic (exact) mass is 632 g/mol. The highest BCUT2D eigenvalue weighted by Gasteiger charge is 2.42. The number of hydrogen-bond donors (Lipinski definition) is 1. The van der Waals surface area contributed by atoms with Gasteiger partial charge in [0.2, 0.25) is 5.75 Å². The fraction of sp³-hybridized carbons (Fsp3) is 0.353. The molecule has 46 heavy (non-hydrogen) atoms. The molecule has 1 aromatic heterocycles. The molecule has 1 aliphatic heterocycles. The van der Waals surface area contributed by atoms with E-state index in [1.54, 1.807) is 57.2 Å². The van der Waals surface area contributed by atoms with Crippen LogP contribution in [0.25, 0.3) is 0 Å². The van der Waals surface area contributed by atoms with Gasteiger partial charge in [-0.05, 0) is 37.5 Å². The standard InChI is InChI=1S/C34H36N2O10/c1-19(2)31(38)45-28-21(4)44-34(41)25(18-43-32(39)24(28)17-22-12-7-6-8-13-22)36-30(37)27-29(26(42-5)15-16-35-27)46-33(40)23-14-10-9-11-20(23)3/h6-16,19,21,24-25,28H,17-18H2,1-5H3,(H,36,37)/t21-,24+,25-,28?/m0/s1. The number of pyridine rings is 1. The Morgan fingerprint density at radius 2 is 1.70 bits per heavy atom. The van der Waals surface area contributed by atoms with Gasteiger partial charge in [0, 0.05) is 12.3 Å². The molecule has 0 aliphatic carbocycles. The van der Waals surface area contributed by atoms with Crippen LogP contribution in [-0.4, -0.2) is 66.7 Å². The molecule has 2 heterocycles. The molecule has 4 rings (SSSR count). The van der Waals surface area contributed by atoms with Crippen molar-refractivity contribution in [3.63, 3.8) is 0 Å². The van der Waals surface area contributed by atoms with E-state index in [2.05, 4.69) is 10.3 Å². The minimum atomic E-state index is -1.48. The Morgan fingerprint density at radius 3 is 2.37 bits per heavy atom. The van der Waals surface area contributed by atoms with Crippen LogP contribution in [-0.2, 0) is 35.0 Å². The lowest BCUT2D eigenvalue weighted by Crippen LogP contribution is -2.47. The van der Waals surface area contributed by atoms with Gasteiger partial charge in [0.1, 0.15) is 18.6 Å². The summed E-state index contributed by atoms with van der Waals surface area (Å²) >= 11 is 0. The third-order valence-electron chi connectivity index (χ3n) is 7.33. The van der Waals surface area contributed by atoms with Crippen LogP contribution in [0.4, 0.5) is 0 Å². The van der Waals surface area contributed by atoms with Gasteiger partial charge in [-0.2, -0.15) is 0 Å². The number of nitrogens with one attached hydrogen (secondary N) is 1. The summed E-state index contributed by atoms with van der Waals surface area (Å²) in [6.45, 7) is 5.92. The maximum Gasteiger partial charge on any atom is 0.344 e. The quantitative estimate of drug-likeness (QED) is 0.271. The number of esters is 4. The lowest BCUT2D eigenvalue weighted by molar-refractivity contribution is -0.176. The summed E-state index contributed by atoms with van der Waals surface area (Å²) in [7, 11) is 1.33. The van der Waals surface area contributed by atoms with Crippen molar-refractivity contribution in [2.75, 3.05) is 13.7 Å². The van der Waals surface area contributed by atoms with Crippen LogP contribution in [0.3, 0.4) is 0 Å². The number of carbonyl (C=O) groups is 5. The molecule has 1 unspecified atom stereocenters. The fourth-order valence-corrected chi connectivity index (χ4v) is 4.78. The molecule has 4 atom stereocenters. The van der Waals surface area contributed by atoms with Crippen LogP contribution in [0.15, 0.2) is 66.9 Å². The van der Waals surface area contributed by atoms with Crippen LogP contribution in [0.1, 0.15) is 52.7 Å². The first-order valence-corrected chi connectivity index (χ1v) is 14.7. The first kappa shape index (κ1) is 33.6. The molecule has 1 amide bonds. The molecule has 0 bridgehead atoms. The number of methoxy groups -OCH3 is 1. The number of benzene rings is 2. The maximum absolute atomic E-state index is 13.5. The van der Waals surface area contributed by atoms with Gasteiger partial charge in [-0.25, -0.2) is 14.6 Å². The lowest BCUT2D eigenvalue weighted by Gasteiger charge is -2.29. The molecular weight excluding hydrogens is 596 g/mol. The highest BCUT2D eigenvalue weighted by atomic mass is 16.6. The molecule has 1 fully saturated rings. The SMILES string of the molecule is COc1ccnc(C(=O)N[C@H]2COC(=O)[C@H](Cc3ccccc3)C(OC(=O)C(C)C)[C@H](C)OC2=O)c1OC(=O)c1ccccc1C. The normalized spacial score (nSPS) is 19.9. The van der Waals surface area contributed by atoms with Crippen molar-refractivity contribution < 1.29 is 47.7 Å². The van der Waals surface area contributed by atoms with E-state index in [1.165, 1.54) is 26.3 Å². The third kappa shape index (κ3) is 8.06. The van der Waals surface area contributed by atoms with Crippen LogP contribution in [0, 0.1) is 18.8 Å². The Bertz CT molecular complexity index is 1590. The molecule has 242 valence electrons. The average molecular weight is 633 g/mol. The van der Waals surface area contributed by atoms with E-state index in [1.807, 2.05) is 18.2 Å². The molecule has 1 N–H and O–H groups in total. The van der Waals surface area contributed by atoms with E-state index in [4.69, 9.17) is 23.7 Å². The van der Waals surface area contributed by atoms with Crippen molar-refractivity contribution in [3.8, 4) is 11.5 Å². The number of aromatic nitrogens is 1. The van der Waals surface area contributed by atoms with Crippen molar-refractivity contribution in [2.24, 2.45) is 11.8 Å². The van der Waals surface area contributed by atoms with E-state index in [0.717, 1.165) is 5.56 Å². The van der Waals surface area contributed by atoms with Crippen molar-refractivity contribution in [1.29, 1.82) is 0 Å². The Kier molecular flexibility index (Phi) is 11.1. The molecule has 1 saturated heterocycles. The Balaban J connectivity index is 1.60. The van der Waals surface area contributed by atoms with Crippen molar-refractivity contribution in [3.05, 3.63) is 89.2 Å². The first-order chi connectivity index (χ1) is 22.0. The van der Waals surface area contributed by atoms with Gasteiger partial charge in [-0.15, -0.1) is 0 Å². The van der Waals surface area contributed by atoms with Crippen LogP contribution in [0.2, 0.25) is 0 Å². The maximum atomic E-state index is 13.5. The van der Waals surface area contributed by atoms with E-state index in [-0.39, 0.29) is 29.2 Å². The second kappa shape index (κ2) is 15.2. The minimum Gasteiger partial charge on any atom is -0.493 e. The predicted octanol–water partition coefficient (Wildman–Crippen LogP) is 3.63. The van der Waals surface area contributed by atoms with Crippen LogP contribution >= 0.6 is 0 Å². The minimum absolute atomic E-state index is 0.0396. The van der Waals surface area contributed by atoms with Gasteiger partial charge in [-0.1, -0.05) is 62.4 Å². The molecule has 3 aromatic rings. The molecule has 2 aromatic carbocycles. The molecule has 0 radical (unpaired) electrons. The van der Waals surface area contributed by atoms with Crippen molar-refractivity contribution >= 4 is 29.8 Å². The highest BCUT2D eigenvalue weighted by molar-refractivity contribution is 6.00. The number of rotatable bonds is 9. The molecule has 0 saturated carbocycles. The third-order valence-corrected chi connectivity index (χ3v) is 7.33. The lowest BCUT2D eigenvalue weighted by atomic mass is 9.91. The summed E-state index contributed by atoms with van der Waals surface area (Å²) in [5, 5.41) is 2.47. The Hall–Kier alpha value is -5.26. The van der Waals surface area contributed by atoms with Gasteiger partial charge in [0.05, 0.1) is 18.6 Å². The van der Waals surface area contributed by atoms with Crippen LogP contribution in [0.5, 0.6) is 11.5 Å². The van der Waals surface area contributed by atoms with Gasteiger partial charge in [0.25, 0.3) is 5.91 Å². The average Bonchev–Trinajstić information content (AvgIpc) is 3.07. The van der Waals surface area contributed by atoms with Gasteiger partial charge in [-0.3, -0.25) is 14.4 Å². The summed E-state index contributed by atoms with van der Waals surface area (Å²) < 4.78 is 27.8. The predicted molar refractivity (Wildman–Crippen MR) is 163 cm³/mol. The highest BCUT2D eigenvalue weighted by Crippen LogP contribution is 2.31. The van der Waals surface area contributed by atoms with E-state index in [0.29, 0.717) is 5.56 Å². The second-order valence-corrected chi connectivity index (χ2v) is 11.0. The summed E-state index contributed by atoms with van der Waals surface area (Å²) in [6.07, 6.45) is -0.856. The number of carbonyl (C=O) groups excluding carboxylic acids is 5. The summed E-state index contributed by atoms with van der Waals surface area (Å²) in [4.78, 5) is 70.1. The molecule has 12 nitrogen and oxygen atoms in total. The smallest absolute Gasteiger partial charge is 0.344 e. The molecule has 0 spiro atoms. The van der Waals surface area contributed by atoms with Crippen molar-refractivity contribution in [1.82, 2.24) is 10.3 Å². The second-order valence-electron chi connectivity index (χ2n) is 11.0. The summed E-state index contributed by atoms with van der Waals surface area (Å²) in [6, 6.07) is 15.7. The number of ether oxygens (including phenoxy) is 5. The number of nitrogens with zero attached hydrogens (tertiary/aromatic N) is 1. The molecule has 12 heteroatoms. The summed E-state index contributed by atoms with van der Waals surface area (Å²) in [5.41, 5.74) is 1.32. The van der Waals surface area contributed by atoms with E-state index >= 15 is 0 Å². The summed E-state index contributed by atoms with van der Waals surface area (Å²) in [5.74, 6) is -5.73. The van der Waals surface area contributed by atoms with Crippen molar-refractivity contribution in [2.45, 2.75) is 52.4 Å². The first-order valence-electron chi connectivity index (χ1n) is 14.7. The van der Waals surface area contributed by atoms with Gasteiger partial charge in [0.15, 0.2) is 23.6 Å². The number of hydrogen-bond acceptors (Lipinski definition) is 11. The Morgan fingerprint density at radius 1 is 1.00 bits per heavy atom. The topological polar surface area (TPSA) is 156 Å². The molecular formula is C34H36N2O10. The number of aryl methyl sites for hydroxylation is 1. The molecule has 1 aliphatic rings. The van der Waals surface area contributed by atoms with Gasteiger partial charge < -0.3 is 29.0 Å². The Labute approximate surface area is 266 Å². The van der Waals surface area contributed by atoms with Gasteiger partial charge >= 0.3 is 23.9 Å². The fourth-order valence-electron chi connectivity index (χ4n) is 4.78. The zero-order valence-electron chi connectivity index (χ0n) is 26.2. The largest absolute Gasteiger partial charge is 0.493 e. The van der Waals surface area contributed by atoms with Crippen LogP contribution < -0.4 is 14.8 Å². The van der Waals surface area contributed by atoms with E-state index < -0.39 is 66.5 Å². The number of amides is 1. The zero-order chi connectivity index (χ0) is 33.4. The zero-order valence-corrected chi connectivity index (χ0v) is 26.2. The van der Waals surface area contributed by atoms with E-state index in [9.17, 15) is 24.0 Å². The number of cyclic esters (lactones) is 2.